The molecule has 1 aromatic carbocycles. The largest absolute Gasteiger partial charge is 0.711 e. The first-order valence-electron chi connectivity index (χ1n) is 5.95. The Balaban J connectivity index is 2.82. The second kappa shape index (κ2) is 4.45. The van der Waals surface area contributed by atoms with Crippen LogP contribution in [0.25, 0.3) is 10.9 Å². The van der Waals surface area contributed by atoms with Crippen molar-refractivity contribution < 1.29 is 13.1 Å². The maximum atomic E-state index is 12.1. The summed E-state index contributed by atoms with van der Waals surface area (Å²) in [5, 5.41) is 12.7. The smallest absolute Gasteiger partial charge is 0.304 e. The maximum absolute atomic E-state index is 12.1. The topological polar surface area (TPSA) is 74.0 Å². The lowest BCUT2D eigenvalue weighted by Gasteiger charge is -2.13. The van der Waals surface area contributed by atoms with Crippen LogP contribution in [-0.4, -0.2) is 19.7 Å². The molecule has 6 heteroatoms. The zero-order valence-corrected chi connectivity index (χ0v) is 12.2. The normalized spacial score (nSPS) is 12.3. The summed E-state index contributed by atoms with van der Waals surface area (Å²) in [5.41, 5.74) is 1.11. The first kappa shape index (κ1) is 13.7. The molecule has 0 saturated carbocycles. The third kappa shape index (κ3) is 2.40. The quantitative estimate of drug-likeness (QED) is 0.620. The minimum atomic E-state index is -3.29. The molecule has 0 bridgehead atoms. The summed E-state index contributed by atoms with van der Waals surface area (Å²) in [5.74, 6) is 0.451. The molecule has 1 heterocycles. The van der Waals surface area contributed by atoms with Gasteiger partial charge >= 0.3 is 5.82 Å². The Morgan fingerprint density at radius 2 is 1.95 bits per heavy atom. The Hall–Kier alpha value is -1.69. The van der Waals surface area contributed by atoms with E-state index in [1.807, 2.05) is 13.8 Å². The second-order valence-electron chi connectivity index (χ2n) is 4.96. The van der Waals surface area contributed by atoms with E-state index in [0.29, 0.717) is 22.4 Å². The van der Waals surface area contributed by atoms with Gasteiger partial charge in [0.05, 0.1) is 16.2 Å². The molecule has 0 aliphatic heterocycles. The molecule has 1 aromatic heterocycles. The van der Waals surface area contributed by atoms with E-state index in [1.54, 1.807) is 13.0 Å². The molecule has 0 unspecified atom stereocenters. The standard InChI is InChI=1S/C13H16N2O3S/c1-8(2)13-14-12-6-5-10(19(4,17)18)7-11(12)9(3)15(13)16/h5-8H,1-4H3. The lowest BCUT2D eigenvalue weighted by atomic mass is 10.1. The van der Waals surface area contributed by atoms with Crippen LogP contribution in [0.1, 0.15) is 31.3 Å². The Kier molecular flexibility index (Phi) is 3.22. The summed E-state index contributed by atoms with van der Waals surface area (Å²) in [4.78, 5) is 4.51. The number of benzene rings is 1. The molecule has 5 nitrogen and oxygen atoms in total. The van der Waals surface area contributed by atoms with Gasteiger partial charge in [0.2, 0.25) is 0 Å². The minimum Gasteiger partial charge on any atom is -0.711 e. The van der Waals surface area contributed by atoms with Crippen LogP contribution in [0.5, 0.6) is 0 Å². The third-order valence-electron chi connectivity index (χ3n) is 3.05. The number of aromatic nitrogens is 2. The number of sulfone groups is 1. The fourth-order valence-corrected chi connectivity index (χ4v) is 2.59. The van der Waals surface area contributed by atoms with E-state index in [0.717, 1.165) is 11.0 Å². The van der Waals surface area contributed by atoms with E-state index in [-0.39, 0.29) is 10.8 Å². The van der Waals surface area contributed by atoms with Crippen LogP contribution < -0.4 is 4.73 Å². The van der Waals surface area contributed by atoms with Gasteiger partial charge in [-0.2, -0.15) is 0 Å². The fourth-order valence-electron chi connectivity index (χ4n) is 1.95. The minimum absolute atomic E-state index is 0.00943. The lowest BCUT2D eigenvalue weighted by molar-refractivity contribution is -0.623. The van der Waals surface area contributed by atoms with Crippen molar-refractivity contribution in [1.29, 1.82) is 0 Å². The highest BCUT2D eigenvalue weighted by Crippen LogP contribution is 2.21. The summed E-state index contributed by atoms with van der Waals surface area (Å²) in [6.07, 6.45) is 1.14. The zero-order valence-electron chi connectivity index (χ0n) is 11.3. The number of aryl methyl sites for hydroxylation is 1. The molecule has 0 radical (unpaired) electrons. The van der Waals surface area contributed by atoms with Gasteiger partial charge in [-0.05, 0) is 30.1 Å². The molecule has 19 heavy (non-hydrogen) atoms. The average molecular weight is 280 g/mol. The van der Waals surface area contributed by atoms with Gasteiger partial charge in [-0.15, -0.1) is 0 Å². The monoisotopic (exact) mass is 280 g/mol. The number of fused-ring (bicyclic) bond motifs is 1. The molecule has 0 atom stereocenters. The SMILES string of the molecule is Cc1c2cc(S(C)(=O)=O)ccc2nc(C(C)C)[n+]1[O-]. The number of rotatable bonds is 2. The van der Waals surface area contributed by atoms with Gasteiger partial charge < -0.3 is 5.21 Å². The van der Waals surface area contributed by atoms with E-state index in [4.69, 9.17) is 0 Å². The zero-order chi connectivity index (χ0) is 14.4. The van der Waals surface area contributed by atoms with Crippen LogP contribution >= 0.6 is 0 Å². The van der Waals surface area contributed by atoms with Gasteiger partial charge in [0, 0.05) is 6.26 Å². The van der Waals surface area contributed by atoms with Gasteiger partial charge in [0.15, 0.2) is 15.4 Å². The second-order valence-corrected chi connectivity index (χ2v) is 6.97. The molecular formula is C13H16N2O3S. The van der Waals surface area contributed by atoms with Crippen molar-refractivity contribution in [3.8, 4) is 0 Å². The maximum Gasteiger partial charge on any atom is 0.304 e. The van der Waals surface area contributed by atoms with Crippen molar-refractivity contribution in [2.45, 2.75) is 31.6 Å². The van der Waals surface area contributed by atoms with Crippen molar-refractivity contribution in [2.24, 2.45) is 0 Å². The average Bonchev–Trinajstić information content (AvgIpc) is 2.31. The van der Waals surface area contributed by atoms with Crippen LogP contribution in [0.15, 0.2) is 23.1 Å². The number of nitrogens with zero attached hydrogens (tertiary/aromatic N) is 2. The van der Waals surface area contributed by atoms with E-state index in [2.05, 4.69) is 4.98 Å². The predicted molar refractivity (Wildman–Crippen MR) is 72.6 cm³/mol. The Labute approximate surface area is 112 Å². The van der Waals surface area contributed by atoms with E-state index >= 15 is 0 Å². The van der Waals surface area contributed by atoms with Crippen LogP contribution in [0.2, 0.25) is 0 Å². The van der Waals surface area contributed by atoms with Crippen molar-refractivity contribution >= 4 is 20.7 Å². The van der Waals surface area contributed by atoms with Crippen molar-refractivity contribution in [3.05, 3.63) is 34.9 Å². The van der Waals surface area contributed by atoms with Gasteiger partial charge in [-0.3, -0.25) is 0 Å². The van der Waals surface area contributed by atoms with E-state index < -0.39 is 9.84 Å². The van der Waals surface area contributed by atoms with E-state index in [9.17, 15) is 13.6 Å². The summed E-state index contributed by atoms with van der Waals surface area (Å²) >= 11 is 0. The van der Waals surface area contributed by atoms with Crippen molar-refractivity contribution in [3.63, 3.8) is 0 Å². The van der Waals surface area contributed by atoms with E-state index in [1.165, 1.54) is 12.1 Å². The van der Waals surface area contributed by atoms with Crippen molar-refractivity contribution in [2.75, 3.05) is 6.26 Å². The van der Waals surface area contributed by atoms with Crippen LogP contribution in [0, 0.1) is 12.1 Å². The Morgan fingerprint density at radius 3 is 2.47 bits per heavy atom. The van der Waals surface area contributed by atoms with Gasteiger partial charge in [-0.1, -0.05) is 13.8 Å². The third-order valence-corrected chi connectivity index (χ3v) is 4.16. The highest BCUT2D eigenvalue weighted by atomic mass is 32.2. The first-order valence-corrected chi connectivity index (χ1v) is 7.85. The molecule has 2 rings (SSSR count). The molecule has 0 aliphatic carbocycles. The van der Waals surface area contributed by atoms with Gasteiger partial charge in [-0.25, -0.2) is 13.1 Å². The summed E-state index contributed by atoms with van der Waals surface area (Å²) in [7, 11) is -3.29. The highest BCUT2D eigenvalue weighted by molar-refractivity contribution is 7.90. The summed E-state index contributed by atoms with van der Waals surface area (Å²) in [6, 6.07) is 4.67. The predicted octanol–water partition coefficient (Wildman–Crippen LogP) is 1.70. The number of hydrogen-bond donors (Lipinski definition) is 0. The molecule has 0 N–H and O–H groups in total. The molecule has 102 valence electrons. The van der Waals surface area contributed by atoms with Gasteiger partial charge in [0.1, 0.15) is 5.69 Å². The summed E-state index contributed by atoms with van der Waals surface area (Å²) < 4.78 is 23.9. The number of hydrogen-bond acceptors (Lipinski definition) is 4. The molecule has 0 spiro atoms. The van der Waals surface area contributed by atoms with Gasteiger partial charge in [0.25, 0.3) is 0 Å². The lowest BCUT2D eigenvalue weighted by Crippen LogP contribution is -2.37. The molecule has 0 fully saturated rings. The first-order chi connectivity index (χ1) is 8.71. The summed E-state index contributed by atoms with van der Waals surface area (Å²) in [6.45, 7) is 5.47. The molecule has 0 aliphatic rings. The highest BCUT2D eigenvalue weighted by Gasteiger charge is 2.20. The van der Waals surface area contributed by atoms with Crippen LogP contribution in [0.4, 0.5) is 0 Å². The van der Waals surface area contributed by atoms with Crippen LogP contribution in [0.3, 0.4) is 0 Å². The fraction of sp³-hybridized carbons (Fsp3) is 0.385. The molecular weight excluding hydrogens is 264 g/mol. The Morgan fingerprint density at radius 1 is 1.32 bits per heavy atom. The Bertz CT molecular complexity index is 752. The van der Waals surface area contributed by atoms with Crippen molar-refractivity contribution in [1.82, 2.24) is 4.98 Å². The molecule has 0 amide bonds. The molecule has 2 aromatic rings. The molecule has 0 saturated heterocycles. The van der Waals surface area contributed by atoms with Crippen LogP contribution in [-0.2, 0) is 9.84 Å².